The van der Waals surface area contributed by atoms with E-state index in [9.17, 15) is 4.79 Å². The van der Waals surface area contributed by atoms with Crippen LogP contribution in [0.3, 0.4) is 0 Å². The van der Waals surface area contributed by atoms with E-state index in [4.69, 9.17) is 4.74 Å². The fourth-order valence-electron chi connectivity index (χ4n) is 2.18. The Labute approximate surface area is 145 Å². The zero-order valence-electron chi connectivity index (χ0n) is 15.0. The van der Waals surface area contributed by atoms with Crippen molar-refractivity contribution in [1.82, 2.24) is 16.0 Å². The molecule has 1 amide bonds. The van der Waals surface area contributed by atoms with E-state index in [1.165, 1.54) is 19.3 Å². The van der Waals surface area contributed by atoms with Crippen molar-refractivity contribution in [2.45, 2.75) is 32.6 Å². The SMILES string of the molecule is CCCCCCNC(=NC)NCCNC(=O)c1ccc(OC)cc1. The number of benzene rings is 1. The summed E-state index contributed by atoms with van der Waals surface area (Å²) < 4.78 is 5.08. The van der Waals surface area contributed by atoms with Gasteiger partial charge in [0.15, 0.2) is 5.96 Å². The van der Waals surface area contributed by atoms with Gasteiger partial charge in [0.25, 0.3) is 5.91 Å². The minimum absolute atomic E-state index is 0.0954. The molecule has 3 N–H and O–H groups in total. The minimum atomic E-state index is -0.0954. The maximum absolute atomic E-state index is 12.0. The molecule has 0 aliphatic rings. The Kier molecular flexibility index (Phi) is 10.1. The second kappa shape index (κ2) is 12.2. The molecule has 0 fully saturated rings. The average molecular weight is 334 g/mol. The molecule has 1 rings (SSSR count). The van der Waals surface area contributed by atoms with Gasteiger partial charge in [-0.3, -0.25) is 9.79 Å². The minimum Gasteiger partial charge on any atom is -0.497 e. The number of amides is 1. The number of carbonyl (C=O) groups excluding carboxylic acids is 1. The summed E-state index contributed by atoms with van der Waals surface area (Å²) in [6.07, 6.45) is 4.88. The second-order valence-corrected chi connectivity index (χ2v) is 5.47. The number of hydrogen-bond acceptors (Lipinski definition) is 3. The molecule has 0 saturated heterocycles. The Morgan fingerprint density at radius 2 is 1.67 bits per heavy atom. The summed E-state index contributed by atoms with van der Waals surface area (Å²) in [6, 6.07) is 7.05. The van der Waals surface area contributed by atoms with Crippen molar-refractivity contribution < 1.29 is 9.53 Å². The number of nitrogens with one attached hydrogen (secondary N) is 3. The Balaban J connectivity index is 2.19. The Bertz CT molecular complexity index is 500. The number of guanidine groups is 1. The molecule has 0 spiro atoms. The molecule has 0 radical (unpaired) electrons. The summed E-state index contributed by atoms with van der Waals surface area (Å²) in [6.45, 7) is 4.27. The maximum atomic E-state index is 12.0. The normalized spacial score (nSPS) is 11.0. The number of hydrogen-bond donors (Lipinski definition) is 3. The van der Waals surface area contributed by atoms with Crippen LogP contribution in [0.2, 0.25) is 0 Å². The Hall–Kier alpha value is -2.24. The zero-order chi connectivity index (χ0) is 17.6. The standard InChI is InChI=1S/C18H30N4O2/c1-4-5-6-7-12-21-18(19-2)22-14-13-20-17(23)15-8-10-16(24-3)11-9-15/h8-11H,4-7,12-14H2,1-3H3,(H,20,23)(H2,19,21,22). The largest absolute Gasteiger partial charge is 0.497 e. The van der Waals surface area contributed by atoms with Crippen molar-refractivity contribution in [3.8, 4) is 5.75 Å². The molecule has 1 aromatic carbocycles. The lowest BCUT2D eigenvalue weighted by Gasteiger charge is -2.12. The van der Waals surface area contributed by atoms with Gasteiger partial charge < -0.3 is 20.7 Å². The molecule has 0 saturated carbocycles. The third-order valence-corrected chi connectivity index (χ3v) is 3.60. The molecular formula is C18H30N4O2. The number of methoxy groups -OCH3 is 1. The molecule has 1 aromatic rings. The van der Waals surface area contributed by atoms with Crippen molar-refractivity contribution in [2.75, 3.05) is 33.8 Å². The van der Waals surface area contributed by atoms with Gasteiger partial charge in [0.2, 0.25) is 0 Å². The highest BCUT2D eigenvalue weighted by Crippen LogP contribution is 2.10. The molecule has 0 aliphatic heterocycles. The van der Waals surface area contributed by atoms with Crippen LogP contribution in [0.5, 0.6) is 5.75 Å². The molecule has 6 nitrogen and oxygen atoms in total. The number of rotatable bonds is 10. The fraction of sp³-hybridized carbons (Fsp3) is 0.556. The van der Waals surface area contributed by atoms with Gasteiger partial charge in [0, 0.05) is 32.2 Å². The predicted molar refractivity (Wildman–Crippen MR) is 98.8 cm³/mol. The maximum Gasteiger partial charge on any atom is 0.251 e. The molecule has 0 aromatic heterocycles. The van der Waals surface area contributed by atoms with Gasteiger partial charge in [0.1, 0.15) is 5.75 Å². The van der Waals surface area contributed by atoms with Gasteiger partial charge in [-0.15, -0.1) is 0 Å². The van der Waals surface area contributed by atoms with E-state index in [2.05, 4.69) is 27.9 Å². The number of carbonyl (C=O) groups is 1. The summed E-state index contributed by atoms with van der Waals surface area (Å²) in [5, 5.41) is 9.34. The highest BCUT2D eigenvalue weighted by atomic mass is 16.5. The summed E-state index contributed by atoms with van der Waals surface area (Å²) in [7, 11) is 3.35. The van der Waals surface area contributed by atoms with E-state index in [0.29, 0.717) is 18.7 Å². The number of unbranched alkanes of at least 4 members (excludes halogenated alkanes) is 3. The van der Waals surface area contributed by atoms with Crippen LogP contribution in [0.15, 0.2) is 29.3 Å². The molecule has 0 heterocycles. The smallest absolute Gasteiger partial charge is 0.251 e. The third-order valence-electron chi connectivity index (χ3n) is 3.60. The van der Waals surface area contributed by atoms with Crippen LogP contribution in [0.25, 0.3) is 0 Å². The third kappa shape index (κ3) is 7.85. The monoisotopic (exact) mass is 334 g/mol. The van der Waals surface area contributed by atoms with E-state index in [0.717, 1.165) is 24.7 Å². The van der Waals surface area contributed by atoms with Crippen molar-refractivity contribution in [3.63, 3.8) is 0 Å². The Morgan fingerprint density at radius 1 is 1.00 bits per heavy atom. The first kappa shape index (κ1) is 19.8. The topological polar surface area (TPSA) is 74.8 Å². The van der Waals surface area contributed by atoms with Crippen LogP contribution in [-0.4, -0.2) is 45.7 Å². The molecule has 0 atom stereocenters. The first-order valence-corrected chi connectivity index (χ1v) is 8.58. The van der Waals surface area contributed by atoms with Gasteiger partial charge in [-0.05, 0) is 30.7 Å². The molecular weight excluding hydrogens is 304 g/mol. The van der Waals surface area contributed by atoms with Crippen LogP contribution in [-0.2, 0) is 0 Å². The lowest BCUT2D eigenvalue weighted by Crippen LogP contribution is -2.41. The fourth-order valence-corrected chi connectivity index (χ4v) is 2.18. The highest BCUT2D eigenvalue weighted by Gasteiger charge is 2.04. The molecule has 0 aliphatic carbocycles. The van der Waals surface area contributed by atoms with Crippen LogP contribution < -0.4 is 20.7 Å². The lowest BCUT2D eigenvalue weighted by molar-refractivity contribution is 0.0954. The molecule has 6 heteroatoms. The number of ether oxygens (including phenoxy) is 1. The molecule has 0 bridgehead atoms. The van der Waals surface area contributed by atoms with Gasteiger partial charge in [-0.1, -0.05) is 26.2 Å². The van der Waals surface area contributed by atoms with Crippen molar-refractivity contribution >= 4 is 11.9 Å². The van der Waals surface area contributed by atoms with Crippen LogP contribution >= 0.6 is 0 Å². The lowest BCUT2D eigenvalue weighted by atomic mass is 10.2. The van der Waals surface area contributed by atoms with E-state index in [-0.39, 0.29) is 5.91 Å². The van der Waals surface area contributed by atoms with Gasteiger partial charge in [-0.25, -0.2) is 0 Å². The summed E-state index contributed by atoms with van der Waals surface area (Å²) in [5.74, 6) is 1.41. The molecule has 24 heavy (non-hydrogen) atoms. The number of aliphatic imine (C=N–C) groups is 1. The van der Waals surface area contributed by atoms with Gasteiger partial charge in [0.05, 0.1) is 7.11 Å². The predicted octanol–water partition coefficient (Wildman–Crippen LogP) is 2.17. The van der Waals surface area contributed by atoms with Crippen molar-refractivity contribution in [1.29, 1.82) is 0 Å². The average Bonchev–Trinajstić information content (AvgIpc) is 2.63. The summed E-state index contributed by atoms with van der Waals surface area (Å²) in [5.41, 5.74) is 0.620. The summed E-state index contributed by atoms with van der Waals surface area (Å²) in [4.78, 5) is 16.2. The van der Waals surface area contributed by atoms with Crippen molar-refractivity contribution in [3.05, 3.63) is 29.8 Å². The van der Waals surface area contributed by atoms with E-state index in [1.54, 1.807) is 38.4 Å². The molecule has 134 valence electrons. The Morgan fingerprint density at radius 3 is 2.29 bits per heavy atom. The van der Waals surface area contributed by atoms with E-state index in [1.807, 2.05) is 0 Å². The van der Waals surface area contributed by atoms with Crippen LogP contribution in [0.4, 0.5) is 0 Å². The summed E-state index contributed by atoms with van der Waals surface area (Å²) >= 11 is 0. The van der Waals surface area contributed by atoms with Gasteiger partial charge in [-0.2, -0.15) is 0 Å². The van der Waals surface area contributed by atoms with E-state index < -0.39 is 0 Å². The number of nitrogens with zero attached hydrogens (tertiary/aromatic N) is 1. The van der Waals surface area contributed by atoms with Gasteiger partial charge >= 0.3 is 0 Å². The highest BCUT2D eigenvalue weighted by molar-refractivity contribution is 5.94. The zero-order valence-corrected chi connectivity index (χ0v) is 15.0. The molecule has 0 unspecified atom stereocenters. The van der Waals surface area contributed by atoms with Crippen LogP contribution in [0, 0.1) is 0 Å². The van der Waals surface area contributed by atoms with Crippen LogP contribution in [0.1, 0.15) is 43.0 Å². The first-order valence-electron chi connectivity index (χ1n) is 8.58. The van der Waals surface area contributed by atoms with Crippen molar-refractivity contribution in [2.24, 2.45) is 4.99 Å². The second-order valence-electron chi connectivity index (χ2n) is 5.47. The quantitative estimate of drug-likeness (QED) is 0.348. The van der Waals surface area contributed by atoms with E-state index >= 15 is 0 Å². The first-order chi connectivity index (χ1) is 11.7.